The Morgan fingerprint density at radius 1 is 1.20 bits per heavy atom. The summed E-state index contributed by atoms with van der Waals surface area (Å²) in [7, 11) is 0. The van der Waals surface area contributed by atoms with Crippen molar-refractivity contribution >= 4 is 35.4 Å². The van der Waals surface area contributed by atoms with E-state index in [0.29, 0.717) is 43.7 Å². The molecule has 0 spiro atoms. The summed E-state index contributed by atoms with van der Waals surface area (Å²) in [5, 5.41) is 23.7. The highest BCUT2D eigenvalue weighted by molar-refractivity contribution is 5.93. The highest BCUT2D eigenvalue weighted by Gasteiger charge is 2.39. The number of alkyl halides is 3. The van der Waals surface area contributed by atoms with E-state index >= 15 is 0 Å². The third-order valence-electron chi connectivity index (χ3n) is 6.68. The molecule has 0 unspecified atom stereocenters. The number of nitrogens with one attached hydrogen (secondary N) is 3. The summed E-state index contributed by atoms with van der Waals surface area (Å²) in [5.74, 6) is 1.07. The van der Waals surface area contributed by atoms with Crippen LogP contribution in [0.3, 0.4) is 0 Å². The molecule has 3 aliphatic rings. The summed E-state index contributed by atoms with van der Waals surface area (Å²) in [4.78, 5) is 25.0. The molecule has 1 aromatic carbocycles. The summed E-state index contributed by atoms with van der Waals surface area (Å²) in [6, 6.07) is 4.83. The van der Waals surface area contributed by atoms with Gasteiger partial charge in [0, 0.05) is 44.0 Å². The molecule has 0 bridgehead atoms. The van der Waals surface area contributed by atoms with E-state index in [0.717, 1.165) is 31.3 Å². The van der Waals surface area contributed by atoms with Crippen molar-refractivity contribution in [2.75, 3.05) is 35.2 Å². The van der Waals surface area contributed by atoms with Gasteiger partial charge in [-0.2, -0.15) is 23.1 Å². The Labute approximate surface area is 199 Å². The van der Waals surface area contributed by atoms with Gasteiger partial charge >= 0.3 is 6.18 Å². The number of aromatic nitrogens is 2. The van der Waals surface area contributed by atoms with Gasteiger partial charge in [0.15, 0.2) is 0 Å². The number of hydrogen-bond donors (Lipinski definition) is 4. The van der Waals surface area contributed by atoms with Gasteiger partial charge in [-0.1, -0.05) is 6.07 Å². The van der Waals surface area contributed by atoms with Crippen LogP contribution in [0.25, 0.3) is 0 Å². The maximum absolute atomic E-state index is 13.2. The van der Waals surface area contributed by atoms with Crippen molar-refractivity contribution in [1.29, 1.82) is 5.41 Å². The molecule has 1 aliphatic carbocycles. The number of aliphatic hydroxyl groups excluding tert-OH is 1. The van der Waals surface area contributed by atoms with Crippen molar-refractivity contribution < 1.29 is 23.1 Å². The van der Waals surface area contributed by atoms with E-state index in [1.165, 1.54) is 12.1 Å². The summed E-state index contributed by atoms with van der Waals surface area (Å²) < 4.78 is 39.6. The Balaban J connectivity index is 1.44. The minimum absolute atomic E-state index is 0.0172. The number of benzene rings is 1. The first-order valence-electron chi connectivity index (χ1n) is 11.6. The molecule has 12 heteroatoms. The highest BCUT2D eigenvalue weighted by atomic mass is 19.4. The van der Waals surface area contributed by atoms with Gasteiger partial charge in [-0.25, -0.2) is 0 Å². The fourth-order valence-corrected chi connectivity index (χ4v) is 4.67. The first-order valence-corrected chi connectivity index (χ1v) is 11.6. The second-order valence-electron chi connectivity index (χ2n) is 9.20. The summed E-state index contributed by atoms with van der Waals surface area (Å²) in [6.07, 6.45) is -1.30. The number of rotatable bonds is 7. The van der Waals surface area contributed by atoms with Crippen molar-refractivity contribution in [1.82, 2.24) is 14.9 Å². The number of aliphatic hydroxyl groups is 1. The van der Waals surface area contributed by atoms with Crippen LogP contribution in [0, 0.1) is 5.41 Å². The molecule has 0 atom stereocenters. The van der Waals surface area contributed by atoms with Gasteiger partial charge in [-0.05, 0) is 37.5 Å². The summed E-state index contributed by atoms with van der Waals surface area (Å²) >= 11 is 0. The predicted molar refractivity (Wildman–Crippen MR) is 124 cm³/mol. The molecule has 1 aromatic heterocycles. The first-order chi connectivity index (χ1) is 16.7. The SMILES string of the molecule is N=Cc1c(Nc2cccc(C(F)(F)F)c2)nc(NC2CC(O)C2)nc1N1CC(N2CCCC2=O)C1. The zero-order valence-corrected chi connectivity index (χ0v) is 18.8. The van der Waals surface area contributed by atoms with Crippen LogP contribution in [0.5, 0.6) is 0 Å². The molecule has 0 radical (unpaired) electrons. The van der Waals surface area contributed by atoms with Crippen LogP contribution in [-0.4, -0.2) is 69.9 Å². The van der Waals surface area contributed by atoms with Crippen molar-refractivity contribution in [2.45, 2.75) is 50.0 Å². The Bertz CT molecular complexity index is 1130. The molecule has 2 aliphatic heterocycles. The minimum atomic E-state index is -4.49. The number of nitrogens with zero attached hydrogens (tertiary/aromatic N) is 4. The molecule has 1 amide bonds. The summed E-state index contributed by atoms with van der Waals surface area (Å²) in [5.41, 5.74) is -0.273. The minimum Gasteiger partial charge on any atom is -0.393 e. The van der Waals surface area contributed by atoms with Gasteiger partial charge in [-0.15, -0.1) is 0 Å². The number of carbonyl (C=O) groups is 1. The predicted octanol–water partition coefficient (Wildman–Crippen LogP) is 2.98. The van der Waals surface area contributed by atoms with E-state index in [9.17, 15) is 23.1 Å². The summed E-state index contributed by atoms with van der Waals surface area (Å²) in [6.45, 7) is 1.83. The average Bonchev–Trinajstić information content (AvgIpc) is 3.17. The van der Waals surface area contributed by atoms with Gasteiger partial charge in [0.25, 0.3) is 0 Å². The van der Waals surface area contributed by atoms with Crippen LogP contribution in [0.4, 0.5) is 36.4 Å². The van der Waals surface area contributed by atoms with Gasteiger partial charge in [0.05, 0.1) is 23.3 Å². The first kappa shape index (κ1) is 23.3. The van der Waals surface area contributed by atoms with E-state index < -0.39 is 11.7 Å². The van der Waals surface area contributed by atoms with Crippen molar-refractivity contribution in [2.24, 2.45) is 0 Å². The second kappa shape index (κ2) is 8.99. The standard InChI is InChI=1S/C23H26F3N7O2/c24-23(25,26)13-3-1-4-14(7-13)28-20-18(10-27)21(31-22(30-20)29-15-8-17(34)9-15)32-11-16(12-32)33-6-2-5-19(33)35/h1,3-4,7,10,15-17,27,34H,2,5-6,8-9,11-12H2,(H2,28,29,30,31). The molecule has 1 saturated carbocycles. The average molecular weight is 490 g/mol. The van der Waals surface area contributed by atoms with Crippen LogP contribution in [0.15, 0.2) is 24.3 Å². The molecule has 5 rings (SSSR count). The van der Waals surface area contributed by atoms with E-state index in [4.69, 9.17) is 5.41 Å². The fraction of sp³-hybridized carbons (Fsp3) is 0.478. The number of halogens is 3. The lowest BCUT2D eigenvalue weighted by molar-refractivity contribution is -0.137. The molecule has 9 nitrogen and oxygen atoms in total. The molecule has 4 N–H and O–H groups in total. The van der Waals surface area contributed by atoms with Crippen LogP contribution in [0.2, 0.25) is 0 Å². The van der Waals surface area contributed by atoms with Crippen LogP contribution >= 0.6 is 0 Å². The molecule has 186 valence electrons. The second-order valence-corrected chi connectivity index (χ2v) is 9.20. The smallest absolute Gasteiger partial charge is 0.393 e. The van der Waals surface area contributed by atoms with Gasteiger partial charge in [0.2, 0.25) is 11.9 Å². The molecular formula is C23H26F3N7O2. The van der Waals surface area contributed by atoms with E-state index in [1.54, 1.807) is 0 Å². The number of anilines is 4. The zero-order valence-electron chi connectivity index (χ0n) is 18.8. The molecule has 2 aromatic rings. The number of hydrogen-bond acceptors (Lipinski definition) is 8. The lowest BCUT2D eigenvalue weighted by atomic mass is 9.90. The van der Waals surface area contributed by atoms with Crippen LogP contribution < -0.4 is 15.5 Å². The van der Waals surface area contributed by atoms with Crippen molar-refractivity contribution in [3.8, 4) is 0 Å². The lowest BCUT2D eigenvalue weighted by Gasteiger charge is -2.45. The molecule has 2 saturated heterocycles. The van der Waals surface area contributed by atoms with Crippen molar-refractivity contribution in [3.63, 3.8) is 0 Å². The van der Waals surface area contributed by atoms with Crippen LogP contribution in [-0.2, 0) is 11.0 Å². The largest absolute Gasteiger partial charge is 0.416 e. The third kappa shape index (κ3) is 4.75. The Hall–Kier alpha value is -3.41. The molecule has 3 heterocycles. The van der Waals surface area contributed by atoms with E-state index in [1.807, 2.05) is 9.80 Å². The Morgan fingerprint density at radius 2 is 1.97 bits per heavy atom. The molecular weight excluding hydrogens is 463 g/mol. The molecule has 3 fully saturated rings. The maximum Gasteiger partial charge on any atom is 0.416 e. The Kier molecular flexibility index (Phi) is 5.99. The monoisotopic (exact) mass is 489 g/mol. The number of likely N-dealkylation sites (tertiary alicyclic amines) is 1. The third-order valence-corrected chi connectivity index (χ3v) is 6.68. The molecule has 35 heavy (non-hydrogen) atoms. The van der Waals surface area contributed by atoms with E-state index in [2.05, 4.69) is 20.6 Å². The zero-order chi connectivity index (χ0) is 24.7. The number of carbonyl (C=O) groups excluding carboxylic acids is 1. The topological polar surface area (TPSA) is 117 Å². The van der Waals surface area contributed by atoms with Gasteiger partial charge in [0.1, 0.15) is 11.6 Å². The fourth-order valence-electron chi connectivity index (χ4n) is 4.67. The van der Waals surface area contributed by atoms with Gasteiger partial charge in [-0.3, -0.25) is 4.79 Å². The van der Waals surface area contributed by atoms with Crippen molar-refractivity contribution in [3.05, 3.63) is 35.4 Å². The quantitative estimate of drug-likeness (QED) is 0.442. The van der Waals surface area contributed by atoms with Gasteiger partial charge < -0.3 is 30.9 Å². The van der Waals surface area contributed by atoms with Crippen LogP contribution in [0.1, 0.15) is 36.8 Å². The maximum atomic E-state index is 13.2. The van der Waals surface area contributed by atoms with E-state index in [-0.39, 0.29) is 41.5 Å². The highest BCUT2D eigenvalue weighted by Crippen LogP contribution is 2.35. The Morgan fingerprint density at radius 3 is 2.60 bits per heavy atom. The number of amides is 1. The lowest BCUT2D eigenvalue weighted by Crippen LogP contribution is -2.60. The normalized spacial score (nSPS) is 22.6.